The van der Waals surface area contributed by atoms with E-state index in [1.165, 1.54) is 12.8 Å². The maximum Gasteiger partial charge on any atom is 0.139 e. The minimum absolute atomic E-state index is 0.932. The van der Waals surface area contributed by atoms with Crippen LogP contribution in [0.25, 0.3) is 11.0 Å². The maximum atomic E-state index is 5.35. The van der Waals surface area contributed by atoms with E-state index in [-0.39, 0.29) is 0 Å². The van der Waals surface area contributed by atoms with Gasteiger partial charge in [-0.05, 0) is 39.1 Å². The van der Waals surface area contributed by atoms with Crippen LogP contribution < -0.4 is 10.2 Å². The number of hydrogen-bond acceptors (Lipinski definition) is 4. The van der Waals surface area contributed by atoms with E-state index < -0.39 is 0 Å². The minimum Gasteiger partial charge on any atom is -0.464 e. The summed E-state index contributed by atoms with van der Waals surface area (Å²) in [5.74, 6) is 1.08. The molecule has 0 spiro atoms. The summed E-state index contributed by atoms with van der Waals surface area (Å²) in [6.07, 6.45) is 6.09. The molecule has 92 valence electrons. The fraction of sp³-hybridized carbons (Fsp3) is 0.462. The average molecular weight is 233 g/mol. The van der Waals surface area contributed by atoms with Gasteiger partial charge in [-0.2, -0.15) is 0 Å². The lowest BCUT2D eigenvalue weighted by atomic mass is 10.3. The number of anilines is 1. The predicted molar refractivity (Wildman–Crippen MR) is 70.4 cm³/mol. The Morgan fingerprint density at radius 2 is 1.94 bits per heavy atom. The molecule has 0 aromatic carbocycles. The van der Waals surface area contributed by atoms with Crippen molar-refractivity contribution in [1.29, 1.82) is 0 Å². The van der Waals surface area contributed by atoms with Gasteiger partial charge in [-0.25, -0.2) is 4.98 Å². The van der Waals surface area contributed by atoms with Crippen molar-refractivity contribution in [3.63, 3.8) is 0 Å². The molecule has 0 atom stereocenters. The molecule has 1 aliphatic rings. The normalized spacial score (nSPS) is 14.8. The van der Waals surface area contributed by atoms with Crippen molar-refractivity contribution in [1.82, 2.24) is 10.3 Å². The zero-order valence-corrected chi connectivity index (χ0v) is 10.4. The van der Waals surface area contributed by atoms with Crippen LogP contribution in [0, 0.1) is 0 Å². The van der Waals surface area contributed by atoms with E-state index in [1.54, 1.807) is 6.26 Å². The second kappa shape index (κ2) is 5.68. The fourth-order valence-corrected chi connectivity index (χ4v) is 2.06. The Morgan fingerprint density at radius 1 is 1.24 bits per heavy atom. The van der Waals surface area contributed by atoms with Crippen LogP contribution in [0.2, 0.25) is 0 Å². The van der Waals surface area contributed by atoms with E-state index in [1.807, 2.05) is 32.4 Å². The Morgan fingerprint density at radius 3 is 2.65 bits per heavy atom. The van der Waals surface area contributed by atoms with Gasteiger partial charge in [0.25, 0.3) is 0 Å². The molecule has 2 aromatic rings. The first-order chi connectivity index (χ1) is 8.36. The van der Waals surface area contributed by atoms with Gasteiger partial charge >= 0.3 is 0 Å². The number of nitrogens with zero attached hydrogens (tertiary/aromatic N) is 2. The molecule has 0 aliphatic carbocycles. The van der Waals surface area contributed by atoms with Crippen molar-refractivity contribution in [3.8, 4) is 0 Å². The number of aromatic nitrogens is 1. The molecule has 0 radical (unpaired) electrons. The summed E-state index contributed by atoms with van der Waals surface area (Å²) < 4.78 is 5.35. The lowest BCUT2D eigenvalue weighted by molar-refractivity contribution is 0.615. The summed E-state index contributed by atoms with van der Waals surface area (Å²) >= 11 is 0. The van der Waals surface area contributed by atoms with E-state index in [0.29, 0.717) is 0 Å². The van der Waals surface area contributed by atoms with Gasteiger partial charge in [-0.1, -0.05) is 0 Å². The van der Waals surface area contributed by atoms with Crippen molar-refractivity contribution in [2.24, 2.45) is 0 Å². The average Bonchev–Trinajstić information content (AvgIpc) is 3.01. The molecule has 4 heteroatoms. The second-order valence-corrected chi connectivity index (χ2v) is 4.16. The van der Waals surface area contributed by atoms with Crippen LogP contribution in [0.3, 0.4) is 0 Å². The molecule has 1 saturated heterocycles. The summed E-state index contributed by atoms with van der Waals surface area (Å²) in [6, 6.07) is 3.91. The van der Waals surface area contributed by atoms with Crippen LogP contribution in [-0.2, 0) is 0 Å². The SMILES string of the molecule is CNC.c1cc2occc2c(N2CCCC2)n1. The molecule has 3 heterocycles. The van der Waals surface area contributed by atoms with E-state index in [0.717, 1.165) is 29.9 Å². The number of rotatable bonds is 1. The summed E-state index contributed by atoms with van der Waals surface area (Å²) in [7, 11) is 3.75. The van der Waals surface area contributed by atoms with Crippen molar-refractivity contribution < 1.29 is 4.42 Å². The van der Waals surface area contributed by atoms with Gasteiger partial charge in [0.2, 0.25) is 0 Å². The Kier molecular flexibility index (Phi) is 3.98. The summed E-state index contributed by atoms with van der Waals surface area (Å²) in [5.41, 5.74) is 0.932. The highest BCUT2D eigenvalue weighted by Gasteiger charge is 2.16. The Balaban J connectivity index is 0.000000329. The third-order valence-corrected chi connectivity index (χ3v) is 2.76. The number of hydrogen-bond donors (Lipinski definition) is 1. The Hall–Kier alpha value is -1.55. The van der Waals surface area contributed by atoms with E-state index in [2.05, 4.69) is 15.2 Å². The van der Waals surface area contributed by atoms with Crippen molar-refractivity contribution >= 4 is 16.8 Å². The molecule has 1 N–H and O–H groups in total. The molecular formula is C13H19N3O. The van der Waals surface area contributed by atoms with Crippen LogP contribution in [-0.4, -0.2) is 32.2 Å². The molecule has 0 amide bonds. The van der Waals surface area contributed by atoms with Gasteiger partial charge < -0.3 is 14.6 Å². The van der Waals surface area contributed by atoms with Gasteiger partial charge in [-0.15, -0.1) is 0 Å². The highest BCUT2D eigenvalue weighted by Crippen LogP contribution is 2.27. The molecule has 1 aliphatic heterocycles. The molecule has 0 saturated carbocycles. The van der Waals surface area contributed by atoms with Crippen molar-refractivity contribution in [3.05, 3.63) is 24.6 Å². The number of pyridine rings is 1. The quantitative estimate of drug-likeness (QED) is 0.820. The topological polar surface area (TPSA) is 41.3 Å². The van der Waals surface area contributed by atoms with Crippen LogP contribution in [0.15, 0.2) is 29.0 Å². The van der Waals surface area contributed by atoms with Gasteiger partial charge in [0.05, 0.1) is 11.6 Å². The first-order valence-corrected chi connectivity index (χ1v) is 6.02. The monoisotopic (exact) mass is 233 g/mol. The van der Waals surface area contributed by atoms with E-state index >= 15 is 0 Å². The zero-order valence-electron chi connectivity index (χ0n) is 10.4. The molecule has 0 unspecified atom stereocenters. The first kappa shape index (κ1) is 11.9. The smallest absolute Gasteiger partial charge is 0.139 e. The van der Waals surface area contributed by atoms with Crippen LogP contribution in [0.5, 0.6) is 0 Å². The highest BCUT2D eigenvalue weighted by molar-refractivity contribution is 5.88. The van der Waals surface area contributed by atoms with Gasteiger partial charge in [-0.3, -0.25) is 0 Å². The second-order valence-electron chi connectivity index (χ2n) is 4.16. The van der Waals surface area contributed by atoms with Crippen molar-refractivity contribution in [2.45, 2.75) is 12.8 Å². The zero-order chi connectivity index (χ0) is 12.1. The summed E-state index contributed by atoms with van der Waals surface area (Å²) in [6.45, 7) is 2.24. The predicted octanol–water partition coefficient (Wildman–Crippen LogP) is 2.26. The van der Waals surface area contributed by atoms with Crippen LogP contribution in [0.1, 0.15) is 12.8 Å². The number of fused-ring (bicyclic) bond motifs is 1. The highest BCUT2D eigenvalue weighted by atomic mass is 16.3. The standard InChI is InChI=1S/C11H12N2O.C2H7N/c1-2-7-13(6-1)11-9-4-8-14-10(9)3-5-12-11;1-3-2/h3-5,8H,1-2,6-7H2;3H,1-2H3. The van der Waals surface area contributed by atoms with Gasteiger partial charge in [0, 0.05) is 19.3 Å². The lowest BCUT2D eigenvalue weighted by Gasteiger charge is -2.16. The van der Waals surface area contributed by atoms with E-state index in [9.17, 15) is 0 Å². The molecule has 3 rings (SSSR count). The van der Waals surface area contributed by atoms with Crippen LogP contribution in [0.4, 0.5) is 5.82 Å². The third-order valence-electron chi connectivity index (χ3n) is 2.76. The number of furan rings is 1. The Bertz CT molecular complexity index is 460. The Labute approximate surface area is 102 Å². The first-order valence-electron chi connectivity index (χ1n) is 6.02. The molecule has 2 aromatic heterocycles. The number of nitrogens with one attached hydrogen (secondary N) is 1. The van der Waals surface area contributed by atoms with E-state index in [4.69, 9.17) is 4.42 Å². The molecular weight excluding hydrogens is 214 g/mol. The fourth-order valence-electron chi connectivity index (χ4n) is 2.06. The van der Waals surface area contributed by atoms with Gasteiger partial charge in [0.15, 0.2) is 0 Å². The van der Waals surface area contributed by atoms with Crippen LogP contribution >= 0.6 is 0 Å². The third kappa shape index (κ3) is 2.58. The molecule has 17 heavy (non-hydrogen) atoms. The largest absolute Gasteiger partial charge is 0.464 e. The van der Waals surface area contributed by atoms with Gasteiger partial charge in [0.1, 0.15) is 11.4 Å². The minimum atomic E-state index is 0.932. The maximum absolute atomic E-state index is 5.35. The lowest BCUT2D eigenvalue weighted by Crippen LogP contribution is -2.18. The molecule has 0 bridgehead atoms. The molecule has 1 fully saturated rings. The molecule has 4 nitrogen and oxygen atoms in total. The van der Waals surface area contributed by atoms with Crippen molar-refractivity contribution in [2.75, 3.05) is 32.1 Å². The summed E-state index contributed by atoms with van der Waals surface area (Å²) in [5, 5.41) is 3.88. The summed E-state index contributed by atoms with van der Waals surface area (Å²) in [4.78, 5) is 6.76.